The Labute approximate surface area is 192 Å². The van der Waals surface area contributed by atoms with E-state index in [0.717, 1.165) is 24.8 Å². The van der Waals surface area contributed by atoms with Crippen LogP contribution in [0.15, 0.2) is 35.7 Å². The first kappa shape index (κ1) is 22.6. The minimum Gasteiger partial charge on any atom is -0.491 e. The lowest BCUT2D eigenvalue weighted by atomic mass is 10.0. The van der Waals surface area contributed by atoms with E-state index >= 15 is 0 Å². The van der Waals surface area contributed by atoms with Gasteiger partial charge in [0, 0.05) is 29.1 Å². The molecule has 6 nitrogen and oxygen atoms in total. The van der Waals surface area contributed by atoms with Crippen molar-refractivity contribution >= 4 is 23.3 Å². The van der Waals surface area contributed by atoms with Gasteiger partial charge < -0.3 is 19.9 Å². The molecule has 8 heteroatoms. The largest absolute Gasteiger partial charge is 0.491 e. The molecule has 1 N–H and O–H groups in total. The average molecular weight is 460 g/mol. The third-order valence-corrected chi connectivity index (χ3v) is 6.65. The maximum atomic E-state index is 13.6. The van der Waals surface area contributed by atoms with Crippen molar-refractivity contribution in [2.75, 3.05) is 19.7 Å². The Hall–Kier alpha value is -2.61. The topological polar surface area (TPSA) is 61.9 Å². The monoisotopic (exact) mass is 459 g/mol. The normalized spacial score (nSPS) is 18.1. The van der Waals surface area contributed by atoms with Crippen LogP contribution in [0.1, 0.15) is 50.1 Å². The summed E-state index contributed by atoms with van der Waals surface area (Å²) < 4.78 is 19.4. The predicted molar refractivity (Wildman–Crippen MR) is 122 cm³/mol. The number of hydrogen-bond donors (Lipinski definition) is 1. The number of nitrogens with zero attached hydrogens (tertiary/aromatic N) is 2. The zero-order valence-corrected chi connectivity index (χ0v) is 19.6. The van der Waals surface area contributed by atoms with Crippen LogP contribution in [0.3, 0.4) is 0 Å². The zero-order valence-electron chi connectivity index (χ0n) is 18.8. The summed E-state index contributed by atoms with van der Waals surface area (Å²) in [6.45, 7) is 6.64. The fraction of sp³-hybridized carbons (Fsp3) is 0.500. The highest BCUT2D eigenvalue weighted by molar-refractivity contribution is 7.10. The molecule has 1 atom stereocenters. The zero-order chi connectivity index (χ0) is 22.9. The summed E-state index contributed by atoms with van der Waals surface area (Å²) in [5.74, 6) is -0.0187. The molecule has 4 rings (SSSR count). The molecule has 0 spiro atoms. The number of thiophene rings is 1. The third kappa shape index (κ3) is 5.41. The van der Waals surface area contributed by atoms with Crippen molar-refractivity contribution in [3.05, 3.63) is 52.0 Å². The van der Waals surface area contributed by atoms with E-state index < -0.39 is 0 Å². The maximum Gasteiger partial charge on any atom is 0.318 e. The number of ether oxygens (including phenoxy) is 1. The SMILES string of the molecule is CC(C)(C)NC(=O)N(CC(=O)N1CCc2sccc2[C@@H]1COc1cccc(F)c1)C1CC1. The van der Waals surface area contributed by atoms with E-state index in [2.05, 4.69) is 5.32 Å². The van der Waals surface area contributed by atoms with Crippen LogP contribution in [0.5, 0.6) is 5.75 Å². The molecule has 0 saturated heterocycles. The number of carbonyl (C=O) groups is 2. The molecule has 2 aliphatic rings. The molecule has 3 amide bonds. The van der Waals surface area contributed by atoms with Gasteiger partial charge in [-0.2, -0.15) is 0 Å². The minimum absolute atomic E-state index is 0.0442. The van der Waals surface area contributed by atoms with Crippen LogP contribution in [0, 0.1) is 5.82 Å². The summed E-state index contributed by atoms with van der Waals surface area (Å²) >= 11 is 1.68. The van der Waals surface area contributed by atoms with E-state index in [0.29, 0.717) is 12.3 Å². The first-order chi connectivity index (χ1) is 15.2. The molecule has 0 bridgehead atoms. The lowest BCUT2D eigenvalue weighted by Gasteiger charge is -2.37. The number of benzene rings is 1. The molecule has 1 fully saturated rings. The van der Waals surface area contributed by atoms with Crippen molar-refractivity contribution in [3.8, 4) is 5.75 Å². The molecular formula is C24H30FN3O3S. The maximum absolute atomic E-state index is 13.6. The summed E-state index contributed by atoms with van der Waals surface area (Å²) in [5.41, 5.74) is 0.703. The van der Waals surface area contributed by atoms with Crippen molar-refractivity contribution in [3.63, 3.8) is 0 Å². The van der Waals surface area contributed by atoms with Crippen LogP contribution in [0.25, 0.3) is 0 Å². The molecule has 1 aliphatic heterocycles. The standard InChI is InChI=1S/C24H30FN3O3S/c1-24(2,3)26-23(30)28(17-7-8-17)14-22(29)27-11-9-21-19(10-12-32-21)20(27)15-31-18-6-4-5-16(25)13-18/h4-6,10,12-13,17,20H,7-9,11,14-15H2,1-3H3,(H,26,30)/t20-/m0/s1. The van der Waals surface area contributed by atoms with Crippen molar-refractivity contribution < 1.29 is 18.7 Å². The second-order valence-corrected chi connectivity index (χ2v) is 10.5. The van der Waals surface area contributed by atoms with Crippen LogP contribution < -0.4 is 10.1 Å². The third-order valence-electron chi connectivity index (χ3n) is 5.66. The first-order valence-corrected chi connectivity index (χ1v) is 11.9. The molecule has 1 saturated carbocycles. The van der Waals surface area contributed by atoms with Crippen LogP contribution in [0.4, 0.5) is 9.18 Å². The summed E-state index contributed by atoms with van der Waals surface area (Å²) in [6, 6.07) is 7.70. The van der Waals surface area contributed by atoms with Gasteiger partial charge in [0.25, 0.3) is 0 Å². The minimum atomic E-state index is -0.370. The van der Waals surface area contributed by atoms with Crippen molar-refractivity contribution in [2.45, 2.75) is 57.7 Å². The second-order valence-electron chi connectivity index (χ2n) is 9.46. The smallest absolute Gasteiger partial charge is 0.318 e. The van der Waals surface area contributed by atoms with Gasteiger partial charge in [-0.1, -0.05) is 6.07 Å². The number of amides is 3. The summed E-state index contributed by atoms with van der Waals surface area (Å²) in [7, 11) is 0. The van der Waals surface area contributed by atoms with Gasteiger partial charge in [0.1, 0.15) is 24.7 Å². The van der Waals surface area contributed by atoms with Gasteiger partial charge in [-0.05, 0) is 69.2 Å². The van der Waals surface area contributed by atoms with Gasteiger partial charge in [-0.25, -0.2) is 9.18 Å². The van der Waals surface area contributed by atoms with Crippen molar-refractivity contribution in [2.24, 2.45) is 0 Å². The number of fused-ring (bicyclic) bond motifs is 1. The molecule has 1 aromatic carbocycles. The Morgan fingerprint density at radius 2 is 2.06 bits per heavy atom. The fourth-order valence-corrected chi connectivity index (χ4v) is 4.92. The number of carbonyl (C=O) groups excluding carboxylic acids is 2. The number of urea groups is 1. The Morgan fingerprint density at radius 3 is 2.75 bits per heavy atom. The van der Waals surface area contributed by atoms with Gasteiger partial charge in [0.2, 0.25) is 5.91 Å². The van der Waals surface area contributed by atoms with Gasteiger partial charge >= 0.3 is 6.03 Å². The Kier molecular flexibility index (Phi) is 6.42. The number of hydrogen-bond acceptors (Lipinski definition) is 4. The molecule has 172 valence electrons. The second kappa shape index (κ2) is 9.10. The molecule has 0 radical (unpaired) electrons. The van der Waals surface area contributed by atoms with Crippen LogP contribution >= 0.6 is 11.3 Å². The highest BCUT2D eigenvalue weighted by Crippen LogP contribution is 2.35. The lowest BCUT2D eigenvalue weighted by Crippen LogP contribution is -2.53. The summed E-state index contributed by atoms with van der Waals surface area (Å²) in [6.07, 6.45) is 2.63. The fourth-order valence-electron chi connectivity index (χ4n) is 3.99. The number of rotatable bonds is 6. The van der Waals surface area contributed by atoms with Crippen LogP contribution in [0.2, 0.25) is 0 Å². The molecular weight excluding hydrogens is 429 g/mol. The molecule has 32 heavy (non-hydrogen) atoms. The average Bonchev–Trinajstić information content (AvgIpc) is 3.44. The van der Waals surface area contributed by atoms with E-state index in [1.807, 2.05) is 37.1 Å². The molecule has 1 aliphatic carbocycles. The molecule has 2 aromatic rings. The van der Waals surface area contributed by atoms with E-state index in [1.165, 1.54) is 17.0 Å². The highest BCUT2D eigenvalue weighted by atomic mass is 32.1. The van der Waals surface area contributed by atoms with E-state index in [9.17, 15) is 14.0 Å². The highest BCUT2D eigenvalue weighted by Gasteiger charge is 2.38. The van der Waals surface area contributed by atoms with Crippen molar-refractivity contribution in [1.29, 1.82) is 0 Å². The van der Waals surface area contributed by atoms with Crippen molar-refractivity contribution in [1.82, 2.24) is 15.1 Å². The Morgan fingerprint density at radius 1 is 1.28 bits per heavy atom. The first-order valence-electron chi connectivity index (χ1n) is 11.0. The molecule has 2 heterocycles. The van der Waals surface area contributed by atoms with Crippen LogP contribution in [-0.2, 0) is 11.2 Å². The Bertz CT molecular complexity index is 983. The molecule has 1 aromatic heterocycles. The summed E-state index contributed by atoms with van der Waals surface area (Å²) in [5, 5.41) is 5.01. The lowest BCUT2D eigenvalue weighted by molar-refractivity contribution is -0.135. The van der Waals surface area contributed by atoms with Gasteiger partial charge in [0.15, 0.2) is 0 Å². The van der Waals surface area contributed by atoms with Gasteiger partial charge in [-0.3, -0.25) is 4.79 Å². The quantitative estimate of drug-likeness (QED) is 0.698. The van der Waals surface area contributed by atoms with Crippen LogP contribution in [-0.4, -0.2) is 53.0 Å². The number of halogens is 1. The van der Waals surface area contributed by atoms with Gasteiger partial charge in [-0.15, -0.1) is 11.3 Å². The molecule has 0 unspecified atom stereocenters. The predicted octanol–water partition coefficient (Wildman–Crippen LogP) is 4.36. The summed E-state index contributed by atoms with van der Waals surface area (Å²) in [4.78, 5) is 31.0. The number of nitrogens with one attached hydrogen (secondary N) is 1. The van der Waals surface area contributed by atoms with Gasteiger partial charge in [0.05, 0.1) is 6.04 Å². The van der Waals surface area contributed by atoms with E-state index in [1.54, 1.807) is 28.4 Å². The van der Waals surface area contributed by atoms with E-state index in [4.69, 9.17) is 4.74 Å². The van der Waals surface area contributed by atoms with E-state index in [-0.39, 0.29) is 48.5 Å². The Balaban J connectivity index is 1.49.